The van der Waals surface area contributed by atoms with Gasteiger partial charge in [-0.25, -0.2) is 4.68 Å². The smallest absolute Gasteiger partial charge is 0.151 e. The molecule has 1 saturated heterocycles. The van der Waals surface area contributed by atoms with Crippen LogP contribution in [0.15, 0.2) is 4.60 Å². The molecule has 1 aliphatic heterocycles. The van der Waals surface area contributed by atoms with Crippen molar-refractivity contribution in [2.45, 2.75) is 13.0 Å². The van der Waals surface area contributed by atoms with E-state index in [2.05, 4.69) is 31.6 Å². The van der Waals surface area contributed by atoms with Gasteiger partial charge in [0.15, 0.2) is 4.60 Å². The summed E-state index contributed by atoms with van der Waals surface area (Å²) in [5.74, 6) is 0. The van der Waals surface area contributed by atoms with E-state index in [1.54, 1.807) is 0 Å². The van der Waals surface area contributed by atoms with Crippen LogP contribution in [-0.4, -0.2) is 28.1 Å². The Morgan fingerprint density at radius 3 is 2.73 bits per heavy atom. The Kier molecular flexibility index (Phi) is 1.69. The predicted octanol–water partition coefficient (Wildman–Crippen LogP) is 0.493. The zero-order valence-electron chi connectivity index (χ0n) is 6.21. The first-order chi connectivity index (χ1) is 5.29. The summed E-state index contributed by atoms with van der Waals surface area (Å²) < 4.78 is 2.81. The van der Waals surface area contributed by atoms with E-state index in [1.165, 1.54) is 0 Å². The second kappa shape index (κ2) is 2.57. The Morgan fingerprint density at radius 2 is 2.36 bits per heavy atom. The summed E-state index contributed by atoms with van der Waals surface area (Å²) in [5.41, 5.74) is 1.11. The first kappa shape index (κ1) is 7.24. The van der Waals surface area contributed by atoms with Crippen molar-refractivity contribution in [2.75, 3.05) is 13.1 Å². The third-order valence-corrected chi connectivity index (χ3v) is 2.71. The molecule has 4 nitrogen and oxygen atoms in total. The van der Waals surface area contributed by atoms with Gasteiger partial charge in [0.05, 0.1) is 11.7 Å². The topological polar surface area (TPSA) is 42.7 Å². The molecule has 1 aliphatic rings. The summed E-state index contributed by atoms with van der Waals surface area (Å²) in [4.78, 5) is 0. The number of hydrogen-bond acceptors (Lipinski definition) is 3. The van der Waals surface area contributed by atoms with E-state index in [0.29, 0.717) is 6.04 Å². The molecule has 11 heavy (non-hydrogen) atoms. The molecule has 1 N–H and O–H groups in total. The lowest BCUT2D eigenvalue weighted by molar-refractivity contribution is 0.308. The van der Waals surface area contributed by atoms with Gasteiger partial charge in [0.25, 0.3) is 0 Å². The van der Waals surface area contributed by atoms with Gasteiger partial charge in [-0.1, -0.05) is 5.21 Å². The predicted molar refractivity (Wildman–Crippen MR) is 44.4 cm³/mol. The molecule has 1 aromatic rings. The van der Waals surface area contributed by atoms with Crippen LogP contribution < -0.4 is 5.32 Å². The molecule has 0 radical (unpaired) electrons. The molecule has 5 heteroatoms. The average Bonchev–Trinajstić information content (AvgIpc) is 2.15. The van der Waals surface area contributed by atoms with Crippen molar-refractivity contribution in [3.8, 4) is 0 Å². The largest absolute Gasteiger partial charge is 0.312 e. The van der Waals surface area contributed by atoms with Crippen LogP contribution in [-0.2, 0) is 0 Å². The van der Waals surface area contributed by atoms with Crippen LogP contribution in [0.4, 0.5) is 0 Å². The van der Waals surface area contributed by atoms with Crippen molar-refractivity contribution in [2.24, 2.45) is 0 Å². The van der Waals surface area contributed by atoms with Crippen LogP contribution >= 0.6 is 15.9 Å². The van der Waals surface area contributed by atoms with Gasteiger partial charge in [0.2, 0.25) is 0 Å². The molecule has 0 aromatic carbocycles. The van der Waals surface area contributed by atoms with Crippen LogP contribution in [0.2, 0.25) is 0 Å². The molecule has 0 aliphatic carbocycles. The van der Waals surface area contributed by atoms with E-state index in [4.69, 9.17) is 0 Å². The van der Waals surface area contributed by atoms with E-state index in [0.717, 1.165) is 23.4 Å². The second-order valence-electron chi connectivity index (χ2n) is 2.72. The van der Waals surface area contributed by atoms with E-state index in [9.17, 15) is 0 Å². The maximum Gasteiger partial charge on any atom is 0.151 e. The number of hydrogen-bond donors (Lipinski definition) is 1. The molecule has 0 atom stereocenters. The minimum atomic E-state index is 0.508. The van der Waals surface area contributed by atoms with Gasteiger partial charge in [-0.2, -0.15) is 0 Å². The molecule has 60 valence electrons. The quantitative estimate of drug-likeness (QED) is 0.744. The fourth-order valence-corrected chi connectivity index (χ4v) is 1.37. The Balaban J connectivity index is 2.29. The summed E-state index contributed by atoms with van der Waals surface area (Å²) in [6, 6.07) is 0.508. The standard InChI is InChI=1S/C6H9BrN4/c1-4-6(7)9-10-11(4)5-2-8-3-5/h5,8H,2-3H2,1H3. The zero-order chi connectivity index (χ0) is 7.84. The highest BCUT2D eigenvalue weighted by atomic mass is 79.9. The lowest BCUT2D eigenvalue weighted by Gasteiger charge is -2.27. The van der Waals surface area contributed by atoms with Crippen molar-refractivity contribution in [1.29, 1.82) is 0 Å². The second-order valence-corrected chi connectivity index (χ2v) is 3.47. The molecule has 0 amide bonds. The monoisotopic (exact) mass is 216 g/mol. The molecule has 0 spiro atoms. The SMILES string of the molecule is Cc1c(Br)nnn1C1CNC1. The van der Waals surface area contributed by atoms with Gasteiger partial charge in [-0.05, 0) is 22.9 Å². The number of nitrogens with zero attached hydrogens (tertiary/aromatic N) is 3. The minimum absolute atomic E-state index is 0.508. The molecule has 1 fully saturated rings. The lowest BCUT2D eigenvalue weighted by atomic mass is 10.2. The van der Waals surface area contributed by atoms with Gasteiger partial charge in [-0.3, -0.25) is 0 Å². The van der Waals surface area contributed by atoms with Crippen LogP contribution in [0.3, 0.4) is 0 Å². The third kappa shape index (κ3) is 1.08. The van der Waals surface area contributed by atoms with E-state index in [-0.39, 0.29) is 0 Å². The lowest BCUT2D eigenvalue weighted by Crippen LogP contribution is -2.44. The zero-order valence-corrected chi connectivity index (χ0v) is 7.80. The van der Waals surface area contributed by atoms with Gasteiger partial charge in [0.1, 0.15) is 0 Å². The number of rotatable bonds is 1. The molecule has 2 heterocycles. The minimum Gasteiger partial charge on any atom is -0.312 e. The Labute approximate surface area is 73.1 Å². The highest BCUT2D eigenvalue weighted by molar-refractivity contribution is 9.10. The molecule has 2 rings (SSSR count). The van der Waals surface area contributed by atoms with Crippen LogP contribution in [0.25, 0.3) is 0 Å². The number of halogens is 1. The maximum absolute atomic E-state index is 4.02. The molecular formula is C6H9BrN4. The highest BCUT2D eigenvalue weighted by Crippen LogP contribution is 2.17. The normalized spacial score (nSPS) is 18.4. The van der Waals surface area contributed by atoms with E-state index >= 15 is 0 Å². The van der Waals surface area contributed by atoms with Crippen molar-refractivity contribution in [3.05, 3.63) is 10.3 Å². The van der Waals surface area contributed by atoms with Crippen LogP contribution in [0, 0.1) is 6.92 Å². The highest BCUT2D eigenvalue weighted by Gasteiger charge is 2.22. The molecule has 1 aromatic heterocycles. The van der Waals surface area contributed by atoms with Crippen molar-refractivity contribution in [1.82, 2.24) is 20.3 Å². The average molecular weight is 217 g/mol. The first-order valence-corrected chi connectivity index (χ1v) is 4.36. The Morgan fingerprint density at radius 1 is 1.64 bits per heavy atom. The number of nitrogens with one attached hydrogen (secondary N) is 1. The molecule has 0 saturated carbocycles. The van der Waals surface area contributed by atoms with Crippen LogP contribution in [0.1, 0.15) is 11.7 Å². The summed E-state index contributed by atoms with van der Waals surface area (Å²) >= 11 is 3.32. The fourth-order valence-electron chi connectivity index (χ4n) is 1.11. The summed E-state index contributed by atoms with van der Waals surface area (Å²) in [7, 11) is 0. The number of aromatic nitrogens is 3. The molecule has 0 unspecified atom stereocenters. The Bertz CT molecular complexity index is 266. The van der Waals surface area contributed by atoms with Crippen molar-refractivity contribution in [3.63, 3.8) is 0 Å². The van der Waals surface area contributed by atoms with Crippen molar-refractivity contribution >= 4 is 15.9 Å². The van der Waals surface area contributed by atoms with E-state index < -0.39 is 0 Å². The molecular weight excluding hydrogens is 208 g/mol. The molecule has 0 bridgehead atoms. The fraction of sp³-hybridized carbons (Fsp3) is 0.667. The van der Waals surface area contributed by atoms with Crippen molar-refractivity contribution < 1.29 is 0 Å². The maximum atomic E-state index is 4.02. The Hall–Kier alpha value is -0.420. The van der Waals surface area contributed by atoms with Gasteiger partial charge in [0, 0.05) is 13.1 Å². The summed E-state index contributed by atoms with van der Waals surface area (Å²) in [6.45, 7) is 4.04. The van der Waals surface area contributed by atoms with Gasteiger partial charge in [-0.15, -0.1) is 5.10 Å². The van der Waals surface area contributed by atoms with Crippen LogP contribution in [0.5, 0.6) is 0 Å². The summed E-state index contributed by atoms with van der Waals surface area (Å²) in [5, 5.41) is 11.1. The third-order valence-electron chi connectivity index (χ3n) is 1.98. The van der Waals surface area contributed by atoms with E-state index in [1.807, 2.05) is 11.6 Å². The van der Waals surface area contributed by atoms with Gasteiger partial charge < -0.3 is 5.32 Å². The first-order valence-electron chi connectivity index (χ1n) is 3.57. The summed E-state index contributed by atoms with van der Waals surface area (Å²) in [6.07, 6.45) is 0. The van der Waals surface area contributed by atoms with Gasteiger partial charge >= 0.3 is 0 Å².